The molecule has 0 unspecified atom stereocenters. The van der Waals surface area contributed by atoms with E-state index in [-0.39, 0.29) is 12.2 Å². The summed E-state index contributed by atoms with van der Waals surface area (Å²) in [6.45, 7) is 0. The number of rotatable bonds is 4. The van der Waals surface area contributed by atoms with Gasteiger partial charge in [0.1, 0.15) is 22.5 Å². The minimum atomic E-state index is 0.127. The highest BCUT2D eigenvalue weighted by Gasteiger charge is 2.11. The van der Waals surface area contributed by atoms with Gasteiger partial charge in [0.05, 0.1) is 0 Å². The molecular formula is C20H10Cl2N2O4. The first-order valence-corrected chi connectivity index (χ1v) is 8.96. The highest BCUT2D eigenvalue weighted by atomic mass is 35.5. The van der Waals surface area contributed by atoms with Gasteiger partial charge in [-0.2, -0.15) is 9.97 Å². The van der Waals surface area contributed by atoms with Gasteiger partial charge in [0.25, 0.3) is 0 Å². The van der Waals surface area contributed by atoms with Crippen LogP contribution in [0.25, 0.3) is 22.2 Å². The Morgan fingerprint density at radius 2 is 1.04 bits per heavy atom. The number of fused-ring (bicyclic) bond motifs is 2. The molecule has 0 fully saturated rings. The average molecular weight is 413 g/mol. The first-order chi connectivity index (χ1) is 13.6. The largest absolute Gasteiger partial charge is 0.411 e. The summed E-state index contributed by atoms with van der Waals surface area (Å²) in [5.74, 6) is 1.07. The highest BCUT2D eigenvalue weighted by Crippen LogP contribution is 2.30. The van der Waals surface area contributed by atoms with Crippen molar-refractivity contribution >= 4 is 45.4 Å². The molecule has 0 saturated heterocycles. The maximum atomic E-state index is 5.94. The molecule has 138 valence electrons. The Morgan fingerprint density at radius 1 is 0.607 bits per heavy atom. The quantitative estimate of drug-likeness (QED) is 0.321. The zero-order valence-electron chi connectivity index (χ0n) is 14.1. The molecular weight excluding hydrogens is 403 g/mol. The minimum Gasteiger partial charge on any atom is -0.411 e. The molecule has 5 rings (SSSR count). The molecule has 3 aromatic carbocycles. The molecule has 0 bridgehead atoms. The Labute approximate surface area is 168 Å². The molecule has 0 N–H and O–H groups in total. The van der Waals surface area contributed by atoms with E-state index in [1.807, 2.05) is 0 Å². The zero-order chi connectivity index (χ0) is 19.1. The van der Waals surface area contributed by atoms with Crippen LogP contribution in [0.5, 0.6) is 23.7 Å². The number of hydrogen-bond acceptors (Lipinski definition) is 6. The zero-order valence-corrected chi connectivity index (χ0v) is 15.6. The first-order valence-electron chi connectivity index (χ1n) is 8.20. The van der Waals surface area contributed by atoms with Crippen LogP contribution >= 0.6 is 23.2 Å². The van der Waals surface area contributed by atoms with Gasteiger partial charge in [0.15, 0.2) is 11.2 Å². The van der Waals surface area contributed by atoms with Crippen LogP contribution in [0.1, 0.15) is 0 Å². The van der Waals surface area contributed by atoms with Crippen molar-refractivity contribution in [2.75, 3.05) is 0 Å². The molecule has 0 aliphatic carbocycles. The van der Waals surface area contributed by atoms with Gasteiger partial charge in [0.2, 0.25) is 0 Å². The molecule has 5 aromatic rings. The normalized spacial score (nSPS) is 11.2. The molecule has 8 heteroatoms. The number of hydrogen-bond donors (Lipinski definition) is 0. The van der Waals surface area contributed by atoms with E-state index in [4.69, 9.17) is 41.5 Å². The fraction of sp³-hybridized carbons (Fsp3) is 0. The third-order valence-corrected chi connectivity index (χ3v) is 4.37. The Kier molecular flexibility index (Phi) is 4.07. The summed E-state index contributed by atoms with van der Waals surface area (Å²) in [5.41, 5.74) is 2.43. The van der Waals surface area contributed by atoms with E-state index in [2.05, 4.69) is 9.97 Å². The standard InChI is InChI=1S/C20H10Cl2N2O4/c21-11-1-7-15-17(9-11)27-19(23-15)25-13-3-5-14(6-4-13)26-20-24-16-8-2-12(22)10-18(16)28-20/h1-10H. The van der Waals surface area contributed by atoms with Crippen LogP contribution in [0, 0.1) is 0 Å². The fourth-order valence-electron chi connectivity index (χ4n) is 2.62. The first kappa shape index (κ1) is 16.9. The number of benzene rings is 3. The maximum Gasteiger partial charge on any atom is 0.400 e. The van der Waals surface area contributed by atoms with Crippen LogP contribution in [-0.4, -0.2) is 9.97 Å². The topological polar surface area (TPSA) is 70.5 Å². The monoisotopic (exact) mass is 412 g/mol. The van der Waals surface area contributed by atoms with Gasteiger partial charge in [-0.05, 0) is 48.5 Å². The SMILES string of the molecule is Clc1ccc2nc(Oc3ccc(Oc4nc5ccc(Cl)cc5o4)cc3)oc2c1. The van der Waals surface area contributed by atoms with E-state index < -0.39 is 0 Å². The summed E-state index contributed by atoms with van der Waals surface area (Å²) >= 11 is 11.9. The van der Waals surface area contributed by atoms with Gasteiger partial charge in [-0.15, -0.1) is 0 Å². The van der Waals surface area contributed by atoms with Crippen LogP contribution in [0.15, 0.2) is 69.5 Å². The molecule has 0 radical (unpaired) electrons. The van der Waals surface area contributed by atoms with Crippen molar-refractivity contribution in [3.63, 3.8) is 0 Å². The third-order valence-electron chi connectivity index (χ3n) is 3.90. The second-order valence-corrected chi connectivity index (χ2v) is 6.73. The van der Waals surface area contributed by atoms with Crippen molar-refractivity contribution < 1.29 is 18.3 Å². The number of nitrogens with zero attached hydrogens (tertiary/aromatic N) is 2. The molecule has 0 aliphatic heterocycles. The Balaban J connectivity index is 1.32. The van der Waals surface area contributed by atoms with Crippen LogP contribution in [0.3, 0.4) is 0 Å². The molecule has 0 spiro atoms. The second kappa shape index (κ2) is 6.74. The molecule has 0 saturated carbocycles. The van der Waals surface area contributed by atoms with E-state index >= 15 is 0 Å². The summed E-state index contributed by atoms with van der Waals surface area (Å²) in [7, 11) is 0. The van der Waals surface area contributed by atoms with E-state index in [1.54, 1.807) is 60.7 Å². The average Bonchev–Trinajstić information content (AvgIpc) is 3.25. The molecule has 0 aliphatic rings. The summed E-state index contributed by atoms with van der Waals surface area (Å²) in [5, 5.41) is 1.14. The summed E-state index contributed by atoms with van der Waals surface area (Å²) in [6.07, 6.45) is 0.253. The molecule has 2 heterocycles. The van der Waals surface area contributed by atoms with Gasteiger partial charge in [0, 0.05) is 22.2 Å². The van der Waals surface area contributed by atoms with E-state index in [0.29, 0.717) is 43.7 Å². The van der Waals surface area contributed by atoms with Crippen LogP contribution in [0.4, 0.5) is 0 Å². The van der Waals surface area contributed by atoms with Gasteiger partial charge >= 0.3 is 12.2 Å². The number of oxazole rings is 2. The lowest BCUT2D eigenvalue weighted by atomic mass is 10.3. The number of ether oxygens (including phenoxy) is 2. The van der Waals surface area contributed by atoms with Crippen molar-refractivity contribution in [1.82, 2.24) is 9.97 Å². The van der Waals surface area contributed by atoms with Gasteiger partial charge < -0.3 is 18.3 Å². The lowest BCUT2D eigenvalue weighted by Gasteiger charge is -2.03. The maximum absolute atomic E-state index is 5.94. The van der Waals surface area contributed by atoms with E-state index in [0.717, 1.165) is 0 Å². The van der Waals surface area contributed by atoms with E-state index in [1.165, 1.54) is 0 Å². The smallest absolute Gasteiger partial charge is 0.400 e. The van der Waals surface area contributed by atoms with E-state index in [9.17, 15) is 0 Å². The van der Waals surface area contributed by atoms with Crippen LogP contribution < -0.4 is 9.47 Å². The summed E-state index contributed by atoms with van der Waals surface area (Å²) < 4.78 is 22.4. The molecule has 28 heavy (non-hydrogen) atoms. The van der Waals surface area contributed by atoms with Crippen molar-refractivity contribution in [1.29, 1.82) is 0 Å². The summed E-state index contributed by atoms with van der Waals surface area (Å²) in [4.78, 5) is 8.51. The van der Waals surface area contributed by atoms with Crippen molar-refractivity contribution in [2.24, 2.45) is 0 Å². The Bertz CT molecular complexity index is 1190. The van der Waals surface area contributed by atoms with Gasteiger partial charge in [-0.25, -0.2) is 0 Å². The highest BCUT2D eigenvalue weighted by molar-refractivity contribution is 6.31. The molecule has 0 amide bonds. The third kappa shape index (κ3) is 3.35. The Morgan fingerprint density at radius 3 is 1.46 bits per heavy atom. The summed E-state index contributed by atoms with van der Waals surface area (Å²) in [6, 6.07) is 17.2. The molecule has 0 atom stereocenters. The Hall–Kier alpha value is -3.22. The van der Waals surface area contributed by atoms with Crippen molar-refractivity contribution in [2.45, 2.75) is 0 Å². The second-order valence-electron chi connectivity index (χ2n) is 5.86. The van der Waals surface area contributed by atoms with Crippen molar-refractivity contribution in [3.8, 4) is 23.7 Å². The van der Waals surface area contributed by atoms with Gasteiger partial charge in [-0.3, -0.25) is 0 Å². The lowest BCUT2D eigenvalue weighted by molar-refractivity contribution is 0.335. The number of halogens is 2. The van der Waals surface area contributed by atoms with Crippen LogP contribution in [-0.2, 0) is 0 Å². The van der Waals surface area contributed by atoms with Crippen LogP contribution in [0.2, 0.25) is 10.0 Å². The predicted molar refractivity (Wildman–Crippen MR) is 105 cm³/mol. The number of aromatic nitrogens is 2. The fourth-order valence-corrected chi connectivity index (χ4v) is 2.94. The lowest BCUT2D eigenvalue weighted by Crippen LogP contribution is -1.86. The van der Waals surface area contributed by atoms with Gasteiger partial charge in [-0.1, -0.05) is 23.2 Å². The molecule has 2 aromatic heterocycles. The minimum absolute atomic E-state index is 0.127. The van der Waals surface area contributed by atoms with Crippen molar-refractivity contribution in [3.05, 3.63) is 70.7 Å². The predicted octanol–water partition coefficient (Wildman–Crippen LogP) is 6.86. The molecule has 6 nitrogen and oxygen atoms in total.